The van der Waals surface area contributed by atoms with Crippen molar-refractivity contribution in [3.63, 3.8) is 0 Å². The van der Waals surface area contributed by atoms with Gasteiger partial charge in [-0.15, -0.1) is 0 Å². The molecule has 0 spiro atoms. The summed E-state index contributed by atoms with van der Waals surface area (Å²) in [5.41, 5.74) is 1.05. The lowest BCUT2D eigenvalue weighted by Crippen LogP contribution is -2.05. The lowest BCUT2D eigenvalue weighted by molar-refractivity contribution is 0.0204. The Morgan fingerprint density at radius 1 is 1.33 bits per heavy atom. The van der Waals surface area contributed by atoms with Crippen molar-refractivity contribution in [1.29, 1.82) is 0 Å². The fourth-order valence-electron chi connectivity index (χ4n) is 1.18. The summed E-state index contributed by atoms with van der Waals surface area (Å²) in [5, 5.41) is 0.728. The Labute approximate surface area is 98.5 Å². The molecule has 1 rings (SSSR count). The molecule has 0 radical (unpaired) electrons. The van der Waals surface area contributed by atoms with E-state index in [2.05, 4.69) is 15.9 Å². The highest BCUT2D eigenvalue weighted by molar-refractivity contribution is 9.08. The van der Waals surface area contributed by atoms with Gasteiger partial charge in [-0.2, -0.15) is 0 Å². The standard InChI is InChI=1S/C11H15BrO3/c1-3-14-8-15-11-9(7-12)5-4-6-10(11)13-2/h4-6H,3,7-8H2,1-2H3. The van der Waals surface area contributed by atoms with E-state index in [4.69, 9.17) is 14.2 Å². The average Bonchev–Trinajstić information content (AvgIpc) is 2.29. The van der Waals surface area contributed by atoms with E-state index >= 15 is 0 Å². The SMILES string of the molecule is CCOCOc1c(CBr)cccc1OC. The normalized spacial score (nSPS) is 10.1. The zero-order valence-electron chi connectivity index (χ0n) is 8.96. The van der Waals surface area contributed by atoms with Crippen LogP contribution in [0.4, 0.5) is 0 Å². The Kier molecular flexibility index (Phi) is 5.50. The minimum atomic E-state index is 0.247. The molecule has 0 fully saturated rings. The van der Waals surface area contributed by atoms with Crippen LogP contribution in [0.25, 0.3) is 0 Å². The molecule has 0 atom stereocenters. The molecule has 0 amide bonds. The maximum Gasteiger partial charge on any atom is 0.189 e. The summed E-state index contributed by atoms with van der Waals surface area (Å²) in [5.74, 6) is 1.47. The largest absolute Gasteiger partial charge is 0.493 e. The van der Waals surface area contributed by atoms with Gasteiger partial charge >= 0.3 is 0 Å². The van der Waals surface area contributed by atoms with Gasteiger partial charge in [0.25, 0.3) is 0 Å². The highest BCUT2D eigenvalue weighted by Crippen LogP contribution is 2.32. The number of benzene rings is 1. The first-order valence-electron chi connectivity index (χ1n) is 4.75. The van der Waals surface area contributed by atoms with Crippen molar-refractivity contribution in [2.75, 3.05) is 20.5 Å². The molecule has 0 aliphatic rings. The second kappa shape index (κ2) is 6.69. The molecule has 0 saturated carbocycles. The summed E-state index contributed by atoms with van der Waals surface area (Å²) >= 11 is 3.40. The number of ether oxygens (including phenoxy) is 3. The summed E-state index contributed by atoms with van der Waals surface area (Å²) in [7, 11) is 1.63. The van der Waals surface area contributed by atoms with E-state index in [0.717, 1.165) is 22.4 Å². The van der Waals surface area contributed by atoms with Crippen molar-refractivity contribution < 1.29 is 14.2 Å². The number of methoxy groups -OCH3 is 1. The van der Waals surface area contributed by atoms with Gasteiger partial charge in [0.1, 0.15) is 0 Å². The van der Waals surface area contributed by atoms with Crippen LogP contribution in [0.2, 0.25) is 0 Å². The summed E-state index contributed by atoms with van der Waals surface area (Å²) in [6.07, 6.45) is 0. The van der Waals surface area contributed by atoms with E-state index in [1.54, 1.807) is 7.11 Å². The third-order valence-corrected chi connectivity index (χ3v) is 2.52. The fraction of sp³-hybridized carbons (Fsp3) is 0.455. The predicted molar refractivity (Wildman–Crippen MR) is 62.7 cm³/mol. The maximum atomic E-state index is 5.51. The van der Waals surface area contributed by atoms with E-state index in [0.29, 0.717) is 6.61 Å². The van der Waals surface area contributed by atoms with E-state index in [9.17, 15) is 0 Å². The number of rotatable bonds is 6. The van der Waals surface area contributed by atoms with Crippen molar-refractivity contribution in [3.05, 3.63) is 23.8 Å². The Balaban J connectivity index is 2.80. The highest BCUT2D eigenvalue weighted by Gasteiger charge is 2.09. The van der Waals surface area contributed by atoms with Gasteiger partial charge in [0, 0.05) is 17.5 Å². The minimum absolute atomic E-state index is 0.247. The second-order valence-electron chi connectivity index (χ2n) is 2.84. The van der Waals surface area contributed by atoms with Crippen LogP contribution in [0.15, 0.2) is 18.2 Å². The number of hydrogen-bond acceptors (Lipinski definition) is 3. The Morgan fingerprint density at radius 2 is 2.13 bits per heavy atom. The number of halogens is 1. The summed E-state index contributed by atoms with van der Waals surface area (Å²) in [6, 6.07) is 5.79. The van der Waals surface area contributed by atoms with Crippen LogP contribution in [0.1, 0.15) is 12.5 Å². The van der Waals surface area contributed by atoms with Crippen molar-refractivity contribution >= 4 is 15.9 Å². The molecular formula is C11H15BrO3. The number of para-hydroxylation sites is 1. The first-order chi connectivity index (χ1) is 7.33. The van der Waals surface area contributed by atoms with Crippen LogP contribution >= 0.6 is 15.9 Å². The molecule has 1 aromatic carbocycles. The van der Waals surface area contributed by atoms with Gasteiger partial charge in [-0.25, -0.2) is 0 Å². The van der Waals surface area contributed by atoms with Crippen LogP contribution in [0.5, 0.6) is 11.5 Å². The maximum absolute atomic E-state index is 5.51. The smallest absolute Gasteiger partial charge is 0.189 e. The predicted octanol–water partition coefficient (Wildman–Crippen LogP) is 2.96. The Morgan fingerprint density at radius 3 is 2.73 bits per heavy atom. The molecule has 0 aliphatic carbocycles. The van der Waals surface area contributed by atoms with Crippen LogP contribution in [0.3, 0.4) is 0 Å². The molecule has 84 valence electrons. The van der Waals surface area contributed by atoms with Gasteiger partial charge in [-0.1, -0.05) is 28.1 Å². The summed E-state index contributed by atoms with van der Waals surface area (Å²) in [4.78, 5) is 0. The van der Waals surface area contributed by atoms with Crippen molar-refractivity contribution in [1.82, 2.24) is 0 Å². The first-order valence-corrected chi connectivity index (χ1v) is 5.88. The molecule has 1 aromatic rings. The van der Waals surface area contributed by atoms with Crippen LogP contribution < -0.4 is 9.47 Å². The van der Waals surface area contributed by atoms with Gasteiger partial charge in [-0.05, 0) is 13.0 Å². The minimum Gasteiger partial charge on any atom is -0.493 e. The highest BCUT2D eigenvalue weighted by atomic mass is 79.9. The molecule has 4 heteroatoms. The molecule has 0 saturated heterocycles. The van der Waals surface area contributed by atoms with Gasteiger partial charge in [-0.3, -0.25) is 0 Å². The third-order valence-electron chi connectivity index (χ3n) is 1.92. The Hall–Kier alpha value is -0.740. The van der Waals surface area contributed by atoms with Gasteiger partial charge < -0.3 is 14.2 Å². The molecule has 0 unspecified atom stereocenters. The van der Waals surface area contributed by atoms with E-state index in [-0.39, 0.29) is 6.79 Å². The van der Waals surface area contributed by atoms with Crippen LogP contribution in [-0.2, 0) is 10.1 Å². The van der Waals surface area contributed by atoms with Crippen LogP contribution in [-0.4, -0.2) is 20.5 Å². The van der Waals surface area contributed by atoms with Gasteiger partial charge in [0.15, 0.2) is 18.3 Å². The van der Waals surface area contributed by atoms with Crippen molar-refractivity contribution in [2.24, 2.45) is 0 Å². The van der Waals surface area contributed by atoms with Crippen molar-refractivity contribution in [2.45, 2.75) is 12.3 Å². The molecule has 0 bridgehead atoms. The summed E-state index contributed by atoms with van der Waals surface area (Å²) in [6.45, 7) is 2.81. The number of alkyl halides is 1. The zero-order chi connectivity index (χ0) is 11.1. The van der Waals surface area contributed by atoms with Gasteiger partial charge in [0.05, 0.1) is 7.11 Å². The molecule has 15 heavy (non-hydrogen) atoms. The van der Waals surface area contributed by atoms with E-state index < -0.39 is 0 Å². The molecule has 0 aliphatic heterocycles. The number of hydrogen-bond donors (Lipinski definition) is 0. The van der Waals surface area contributed by atoms with Crippen molar-refractivity contribution in [3.8, 4) is 11.5 Å². The first kappa shape index (κ1) is 12.3. The lowest BCUT2D eigenvalue weighted by atomic mass is 10.2. The molecule has 0 heterocycles. The lowest BCUT2D eigenvalue weighted by Gasteiger charge is -2.13. The zero-order valence-corrected chi connectivity index (χ0v) is 10.5. The molecule has 0 N–H and O–H groups in total. The fourth-order valence-corrected chi connectivity index (χ4v) is 1.62. The molecule has 3 nitrogen and oxygen atoms in total. The monoisotopic (exact) mass is 274 g/mol. The van der Waals surface area contributed by atoms with E-state index in [1.165, 1.54) is 0 Å². The quantitative estimate of drug-likeness (QED) is 0.454. The summed E-state index contributed by atoms with van der Waals surface area (Å²) < 4.78 is 15.9. The third kappa shape index (κ3) is 3.39. The van der Waals surface area contributed by atoms with Crippen LogP contribution in [0, 0.1) is 0 Å². The molecular weight excluding hydrogens is 260 g/mol. The molecule has 0 aromatic heterocycles. The van der Waals surface area contributed by atoms with E-state index in [1.807, 2.05) is 25.1 Å². The van der Waals surface area contributed by atoms with Gasteiger partial charge in [0.2, 0.25) is 0 Å². The second-order valence-corrected chi connectivity index (χ2v) is 3.40. The Bertz CT molecular complexity index is 280. The topological polar surface area (TPSA) is 27.7 Å². The average molecular weight is 275 g/mol.